The Labute approximate surface area is 154 Å². The number of nitrogens with zero attached hydrogens (tertiary/aromatic N) is 2. The first-order chi connectivity index (χ1) is 11.6. The zero-order valence-corrected chi connectivity index (χ0v) is 16.1. The number of carboxylic acid groups (broad SMARTS) is 1. The van der Waals surface area contributed by atoms with E-state index in [1.54, 1.807) is 6.07 Å². The van der Waals surface area contributed by atoms with Gasteiger partial charge in [-0.25, -0.2) is 9.97 Å². The maximum absolute atomic E-state index is 11.4. The normalized spacial score (nSPS) is 12.1. The van der Waals surface area contributed by atoms with E-state index in [-0.39, 0.29) is 0 Å². The van der Waals surface area contributed by atoms with Crippen LogP contribution in [0.3, 0.4) is 0 Å². The Kier molecular flexibility index (Phi) is 10.8. The van der Waals surface area contributed by atoms with Crippen LogP contribution >= 0.6 is 23.4 Å². The molecule has 0 radical (unpaired) electrons. The molecule has 0 bridgehead atoms. The van der Waals surface area contributed by atoms with Gasteiger partial charge in [0, 0.05) is 12.6 Å². The predicted molar refractivity (Wildman–Crippen MR) is 101 cm³/mol. The van der Waals surface area contributed by atoms with Gasteiger partial charge < -0.3 is 10.4 Å². The summed E-state index contributed by atoms with van der Waals surface area (Å²) in [4.78, 5) is 19.9. The Bertz CT molecular complexity index is 503. The summed E-state index contributed by atoms with van der Waals surface area (Å²) in [6.45, 7) is 5.08. The van der Waals surface area contributed by atoms with E-state index in [1.807, 2.05) is 6.92 Å². The molecule has 0 saturated heterocycles. The molecular formula is C17H28ClN3O2S. The summed E-state index contributed by atoms with van der Waals surface area (Å²) in [5.74, 6) is -0.171. The molecule has 1 unspecified atom stereocenters. The van der Waals surface area contributed by atoms with Gasteiger partial charge in [-0.3, -0.25) is 4.79 Å². The average Bonchev–Trinajstić information content (AvgIpc) is 2.54. The van der Waals surface area contributed by atoms with E-state index in [4.69, 9.17) is 11.6 Å². The summed E-state index contributed by atoms with van der Waals surface area (Å²) in [6, 6.07) is 1.68. The van der Waals surface area contributed by atoms with Crippen molar-refractivity contribution in [2.24, 2.45) is 0 Å². The monoisotopic (exact) mass is 373 g/mol. The second kappa shape index (κ2) is 12.4. The molecule has 0 aliphatic rings. The van der Waals surface area contributed by atoms with Crippen LogP contribution in [0.25, 0.3) is 0 Å². The lowest BCUT2D eigenvalue weighted by molar-refractivity contribution is -0.136. The van der Waals surface area contributed by atoms with E-state index in [9.17, 15) is 9.90 Å². The van der Waals surface area contributed by atoms with Crippen LogP contribution in [0.4, 0.5) is 5.82 Å². The molecule has 0 aromatic carbocycles. The minimum absolute atomic E-state index is 0.334. The molecule has 2 N–H and O–H groups in total. The van der Waals surface area contributed by atoms with Gasteiger partial charge in [0.2, 0.25) is 0 Å². The molecule has 0 aliphatic heterocycles. The van der Waals surface area contributed by atoms with E-state index in [0.717, 1.165) is 25.8 Å². The van der Waals surface area contributed by atoms with Crippen molar-refractivity contribution in [3.63, 3.8) is 0 Å². The maximum atomic E-state index is 11.4. The minimum Gasteiger partial charge on any atom is -0.480 e. The second-order valence-corrected chi connectivity index (χ2v) is 7.34. The molecule has 0 fully saturated rings. The van der Waals surface area contributed by atoms with Gasteiger partial charge in [0.25, 0.3) is 0 Å². The fourth-order valence-electron chi connectivity index (χ4n) is 2.23. The fraction of sp³-hybridized carbons (Fsp3) is 0.706. The number of hydrogen-bond donors (Lipinski definition) is 2. The van der Waals surface area contributed by atoms with Crippen LogP contribution in [0.2, 0.25) is 5.15 Å². The molecule has 0 spiro atoms. The number of unbranched alkanes of at least 4 members (excludes halogenated alkanes) is 5. The first-order valence-electron chi connectivity index (χ1n) is 8.74. The summed E-state index contributed by atoms with van der Waals surface area (Å²) in [6.07, 6.45) is 8.47. The molecule has 24 heavy (non-hydrogen) atoms. The lowest BCUT2D eigenvalue weighted by Crippen LogP contribution is -2.17. The molecular weight excluding hydrogens is 346 g/mol. The molecule has 5 nitrogen and oxygen atoms in total. The number of carbonyl (C=O) groups is 1. The van der Waals surface area contributed by atoms with Crippen molar-refractivity contribution < 1.29 is 9.90 Å². The summed E-state index contributed by atoms with van der Waals surface area (Å²) >= 11 is 7.22. The zero-order chi connectivity index (χ0) is 17.8. The average molecular weight is 374 g/mol. The number of aromatic nitrogens is 2. The first kappa shape index (κ1) is 21.0. The van der Waals surface area contributed by atoms with Gasteiger partial charge in [-0.2, -0.15) is 0 Å². The van der Waals surface area contributed by atoms with E-state index in [1.165, 1.54) is 37.4 Å². The van der Waals surface area contributed by atoms with Crippen molar-refractivity contribution in [3.8, 4) is 0 Å². The minimum atomic E-state index is -0.831. The predicted octanol–water partition coefficient (Wildman–Crippen LogP) is 5.25. The number of halogens is 1. The first-order valence-corrected chi connectivity index (χ1v) is 10.0. The van der Waals surface area contributed by atoms with Crippen LogP contribution in [0, 0.1) is 0 Å². The topological polar surface area (TPSA) is 75.1 Å². The summed E-state index contributed by atoms with van der Waals surface area (Å²) < 4.78 is 0. The van der Waals surface area contributed by atoms with E-state index in [2.05, 4.69) is 22.2 Å². The number of nitrogens with one attached hydrogen (secondary N) is 1. The Morgan fingerprint density at radius 3 is 2.58 bits per heavy atom. The highest BCUT2D eigenvalue weighted by atomic mass is 35.5. The third kappa shape index (κ3) is 8.73. The Balaban J connectivity index is 2.56. The van der Waals surface area contributed by atoms with E-state index < -0.39 is 11.2 Å². The quantitative estimate of drug-likeness (QED) is 0.213. The van der Waals surface area contributed by atoms with Gasteiger partial charge in [-0.15, -0.1) is 0 Å². The highest BCUT2D eigenvalue weighted by molar-refractivity contribution is 8.00. The third-order valence-electron chi connectivity index (χ3n) is 3.60. The van der Waals surface area contributed by atoms with Gasteiger partial charge in [0.05, 0.1) is 0 Å². The molecule has 1 aromatic rings. The molecule has 1 rings (SSSR count). The van der Waals surface area contributed by atoms with Crippen molar-refractivity contribution in [2.75, 3.05) is 11.9 Å². The highest BCUT2D eigenvalue weighted by Crippen LogP contribution is 2.26. The Morgan fingerprint density at radius 2 is 1.92 bits per heavy atom. The lowest BCUT2D eigenvalue weighted by atomic mass is 10.1. The van der Waals surface area contributed by atoms with Crippen molar-refractivity contribution >= 4 is 35.1 Å². The van der Waals surface area contributed by atoms with Gasteiger partial charge in [-0.1, -0.05) is 75.7 Å². The maximum Gasteiger partial charge on any atom is 0.317 e. The molecule has 1 atom stereocenters. The van der Waals surface area contributed by atoms with Crippen molar-refractivity contribution in [2.45, 2.75) is 75.6 Å². The molecule has 136 valence electrons. The largest absolute Gasteiger partial charge is 0.480 e. The van der Waals surface area contributed by atoms with Crippen LogP contribution < -0.4 is 5.32 Å². The van der Waals surface area contributed by atoms with E-state index in [0.29, 0.717) is 22.5 Å². The van der Waals surface area contributed by atoms with Crippen molar-refractivity contribution in [1.29, 1.82) is 0 Å². The Hall–Kier alpha value is -1.01. The molecule has 0 aliphatic carbocycles. The lowest BCUT2D eigenvalue weighted by Gasteiger charge is -2.12. The summed E-state index contributed by atoms with van der Waals surface area (Å²) in [5, 5.41) is 12.8. The van der Waals surface area contributed by atoms with Crippen LogP contribution in [0.15, 0.2) is 11.2 Å². The molecule has 7 heteroatoms. The Morgan fingerprint density at radius 1 is 1.21 bits per heavy atom. The van der Waals surface area contributed by atoms with Crippen molar-refractivity contribution in [3.05, 3.63) is 11.2 Å². The van der Waals surface area contributed by atoms with Crippen LogP contribution in [0.1, 0.15) is 65.2 Å². The summed E-state index contributed by atoms with van der Waals surface area (Å²) in [7, 11) is 0. The zero-order valence-electron chi connectivity index (χ0n) is 14.6. The van der Waals surface area contributed by atoms with Gasteiger partial charge in [-0.05, 0) is 12.8 Å². The second-order valence-electron chi connectivity index (χ2n) is 5.79. The number of hydrogen-bond acceptors (Lipinski definition) is 5. The van der Waals surface area contributed by atoms with Gasteiger partial charge in [0.15, 0.2) is 5.16 Å². The third-order valence-corrected chi connectivity index (χ3v) is 4.91. The van der Waals surface area contributed by atoms with Crippen LogP contribution in [0.5, 0.6) is 0 Å². The number of rotatable bonds is 13. The number of anilines is 1. The van der Waals surface area contributed by atoms with E-state index >= 15 is 0 Å². The number of carboxylic acids is 1. The molecule has 0 amide bonds. The number of thioether (sulfide) groups is 1. The van der Waals surface area contributed by atoms with Crippen molar-refractivity contribution in [1.82, 2.24) is 9.97 Å². The van der Waals surface area contributed by atoms with Crippen LogP contribution in [-0.4, -0.2) is 32.8 Å². The molecule has 1 aromatic heterocycles. The molecule has 1 heterocycles. The van der Waals surface area contributed by atoms with Gasteiger partial charge >= 0.3 is 5.97 Å². The summed E-state index contributed by atoms with van der Waals surface area (Å²) in [5.41, 5.74) is 0. The van der Waals surface area contributed by atoms with Gasteiger partial charge in [0.1, 0.15) is 16.2 Å². The fourth-order valence-corrected chi connectivity index (χ4v) is 3.41. The van der Waals surface area contributed by atoms with Crippen LogP contribution in [-0.2, 0) is 4.79 Å². The molecule has 0 saturated carbocycles. The SMILES string of the molecule is CCCCCCCNc1cc(Cl)nc(SC(CCCC)C(=O)O)n1. The smallest absolute Gasteiger partial charge is 0.317 e. The highest BCUT2D eigenvalue weighted by Gasteiger charge is 2.20. The number of aliphatic carboxylic acids is 1. The standard InChI is InChI=1S/C17H28ClN3O2S/c1-3-5-7-8-9-11-19-15-12-14(18)20-17(21-15)24-13(16(22)23)10-6-4-2/h12-13H,3-11H2,1-2H3,(H,22,23)(H,19,20,21).